The van der Waals surface area contributed by atoms with Gasteiger partial charge in [0.2, 0.25) is 0 Å². The lowest BCUT2D eigenvalue weighted by Crippen LogP contribution is -2.37. The van der Waals surface area contributed by atoms with Crippen LogP contribution in [0.25, 0.3) is 11.4 Å². The van der Waals surface area contributed by atoms with Crippen molar-refractivity contribution < 1.29 is 0 Å². The Morgan fingerprint density at radius 3 is 2.67 bits per heavy atom. The topological polar surface area (TPSA) is 41.9 Å². The van der Waals surface area contributed by atoms with E-state index in [2.05, 4.69) is 20.9 Å². The Kier molecular flexibility index (Phi) is 2.91. The first-order valence-electron chi connectivity index (χ1n) is 7.75. The Hall–Kier alpha value is -1.97. The second kappa shape index (κ2) is 4.79. The molecule has 0 atom stereocenters. The average Bonchev–Trinajstić information content (AvgIpc) is 3.26. The van der Waals surface area contributed by atoms with Gasteiger partial charge in [-0.05, 0) is 50.2 Å². The van der Waals surface area contributed by atoms with Crippen molar-refractivity contribution in [3.8, 4) is 11.4 Å². The molecule has 0 radical (unpaired) electrons. The summed E-state index contributed by atoms with van der Waals surface area (Å²) in [5.41, 5.74) is 2.67. The molecular formula is C17H20N4. The highest BCUT2D eigenvalue weighted by Crippen LogP contribution is 2.52. The molecule has 1 aliphatic heterocycles. The van der Waals surface area contributed by atoms with Crippen molar-refractivity contribution in [3.63, 3.8) is 0 Å². The Morgan fingerprint density at radius 2 is 1.90 bits per heavy atom. The van der Waals surface area contributed by atoms with Gasteiger partial charge in [0.25, 0.3) is 0 Å². The normalized spacial score (nSPS) is 19.8. The van der Waals surface area contributed by atoms with Crippen molar-refractivity contribution >= 4 is 5.82 Å². The Bertz CT molecular complexity index is 649. The highest BCUT2D eigenvalue weighted by atomic mass is 15.2. The van der Waals surface area contributed by atoms with Crippen LogP contribution in [0.15, 0.2) is 30.6 Å². The molecule has 4 heteroatoms. The SMILES string of the molecule is Cc1cc(N2CCCC3(CC3)C2)nc(-c2ccncc2)n1. The number of piperidine rings is 1. The van der Waals surface area contributed by atoms with Crippen LogP contribution in [0.5, 0.6) is 0 Å². The number of anilines is 1. The maximum atomic E-state index is 4.81. The van der Waals surface area contributed by atoms with Crippen LogP contribution in [-0.2, 0) is 0 Å². The van der Waals surface area contributed by atoms with E-state index in [-0.39, 0.29) is 0 Å². The molecule has 0 N–H and O–H groups in total. The van der Waals surface area contributed by atoms with Crippen molar-refractivity contribution in [1.29, 1.82) is 0 Å². The third kappa shape index (κ3) is 2.50. The van der Waals surface area contributed by atoms with Crippen LogP contribution in [-0.4, -0.2) is 28.0 Å². The smallest absolute Gasteiger partial charge is 0.161 e. The summed E-state index contributed by atoms with van der Waals surface area (Å²) in [6, 6.07) is 6.06. The monoisotopic (exact) mass is 280 g/mol. The molecule has 0 bridgehead atoms. The molecule has 3 heterocycles. The molecule has 1 aliphatic carbocycles. The standard InChI is InChI=1S/C17H20N4/c1-13-11-15(21-10-2-5-17(12-21)6-7-17)20-16(19-13)14-3-8-18-9-4-14/h3-4,8-9,11H,2,5-7,10,12H2,1H3. The number of aryl methyl sites for hydroxylation is 1. The van der Waals surface area contributed by atoms with Gasteiger partial charge in [-0.3, -0.25) is 4.98 Å². The van der Waals surface area contributed by atoms with E-state index >= 15 is 0 Å². The lowest BCUT2D eigenvalue weighted by atomic mass is 9.95. The van der Waals surface area contributed by atoms with Crippen LogP contribution in [0.1, 0.15) is 31.4 Å². The van der Waals surface area contributed by atoms with E-state index in [9.17, 15) is 0 Å². The highest BCUT2D eigenvalue weighted by Gasteiger charge is 2.45. The molecule has 2 fully saturated rings. The molecule has 0 unspecified atom stereocenters. The maximum absolute atomic E-state index is 4.81. The van der Waals surface area contributed by atoms with E-state index in [0.29, 0.717) is 5.41 Å². The van der Waals surface area contributed by atoms with Crippen LogP contribution in [0.3, 0.4) is 0 Å². The van der Waals surface area contributed by atoms with Crippen LogP contribution in [0.4, 0.5) is 5.82 Å². The number of pyridine rings is 1. The number of nitrogens with zero attached hydrogens (tertiary/aromatic N) is 4. The molecule has 1 saturated carbocycles. The summed E-state index contributed by atoms with van der Waals surface area (Å²) >= 11 is 0. The number of hydrogen-bond acceptors (Lipinski definition) is 4. The molecule has 1 saturated heterocycles. The van der Waals surface area contributed by atoms with Gasteiger partial charge in [-0.15, -0.1) is 0 Å². The van der Waals surface area contributed by atoms with Crippen molar-refractivity contribution in [2.75, 3.05) is 18.0 Å². The molecule has 108 valence electrons. The highest BCUT2D eigenvalue weighted by molar-refractivity contribution is 5.57. The molecule has 2 aromatic rings. The summed E-state index contributed by atoms with van der Waals surface area (Å²) in [5, 5.41) is 0. The molecule has 1 spiro atoms. The summed E-state index contributed by atoms with van der Waals surface area (Å²) in [7, 11) is 0. The molecule has 2 aromatic heterocycles. The first-order chi connectivity index (χ1) is 10.2. The van der Waals surface area contributed by atoms with E-state index in [4.69, 9.17) is 4.98 Å². The molecule has 0 aromatic carbocycles. The van der Waals surface area contributed by atoms with E-state index in [1.807, 2.05) is 19.1 Å². The van der Waals surface area contributed by atoms with E-state index < -0.39 is 0 Å². The van der Waals surface area contributed by atoms with E-state index in [0.717, 1.165) is 29.4 Å². The van der Waals surface area contributed by atoms with Crippen molar-refractivity contribution in [2.24, 2.45) is 5.41 Å². The van der Waals surface area contributed by atoms with Gasteiger partial charge < -0.3 is 4.90 Å². The van der Waals surface area contributed by atoms with Gasteiger partial charge in [0.1, 0.15) is 5.82 Å². The summed E-state index contributed by atoms with van der Waals surface area (Å²) < 4.78 is 0. The van der Waals surface area contributed by atoms with E-state index in [1.54, 1.807) is 12.4 Å². The lowest BCUT2D eigenvalue weighted by molar-refractivity contribution is 0.393. The molecule has 4 rings (SSSR count). The minimum Gasteiger partial charge on any atom is -0.356 e. The second-order valence-corrected chi connectivity index (χ2v) is 6.45. The summed E-state index contributed by atoms with van der Waals surface area (Å²) in [5.74, 6) is 1.89. The van der Waals surface area contributed by atoms with Crippen LogP contribution in [0.2, 0.25) is 0 Å². The van der Waals surface area contributed by atoms with Gasteiger partial charge in [-0.25, -0.2) is 9.97 Å². The molecule has 0 amide bonds. The quantitative estimate of drug-likeness (QED) is 0.847. The number of hydrogen-bond donors (Lipinski definition) is 0. The Labute approximate surface area is 125 Å². The van der Waals surface area contributed by atoms with Gasteiger partial charge in [0, 0.05) is 42.8 Å². The summed E-state index contributed by atoms with van der Waals surface area (Å²) in [4.78, 5) is 15.9. The molecular weight excluding hydrogens is 260 g/mol. The first-order valence-corrected chi connectivity index (χ1v) is 7.75. The Morgan fingerprint density at radius 1 is 1.10 bits per heavy atom. The fourth-order valence-corrected chi connectivity index (χ4v) is 3.33. The zero-order chi connectivity index (χ0) is 14.3. The fraction of sp³-hybridized carbons (Fsp3) is 0.471. The van der Waals surface area contributed by atoms with Gasteiger partial charge in [0.05, 0.1) is 0 Å². The van der Waals surface area contributed by atoms with Crippen molar-refractivity contribution in [2.45, 2.75) is 32.6 Å². The van der Waals surface area contributed by atoms with Crippen molar-refractivity contribution in [1.82, 2.24) is 15.0 Å². The lowest BCUT2D eigenvalue weighted by Gasteiger charge is -2.34. The molecule has 21 heavy (non-hydrogen) atoms. The molecule has 4 nitrogen and oxygen atoms in total. The van der Waals surface area contributed by atoms with Crippen molar-refractivity contribution in [3.05, 3.63) is 36.3 Å². The third-order valence-electron chi connectivity index (χ3n) is 4.72. The van der Waals surface area contributed by atoms with Gasteiger partial charge in [0.15, 0.2) is 5.82 Å². The first kappa shape index (κ1) is 12.7. The minimum atomic E-state index is 0.605. The predicted octanol–water partition coefficient (Wildman–Crippen LogP) is 3.23. The van der Waals surface area contributed by atoms with Gasteiger partial charge in [-0.1, -0.05) is 0 Å². The maximum Gasteiger partial charge on any atom is 0.161 e. The van der Waals surface area contributed by atoms with Crippen LogP contribution < -0.4 is 4.90 Å². The van der Waals surface area contributed by atoms with Gasteiger partial charge >= 0.3 is 0 Å². The minimum absolute atomic E-state index is 0.605. The average molecular weight is 280 g/mol. The van der Waals surface area contributed by atoms with E-state index in [1.165, 1.54) is 32.2 Å². The predicted molar refractivity (Wildman–Crippen MR) is 83.1 cm³/mol. The zero-order valence-corrected chi connectivity index (χ0v) is 12.4. The number of rotatable bonds is 2. The number of aromatic nitrogens is 3. The zero-order valence-electron chi connectivity index (χ0n) is 12.4. The van der Waals surface area contributed by atoms with Gasteiger partial charge in [-0.2, -0.15) is 0 Å². The summed E-state index contributed by atoms with van der Waals surface area (Å²) in [6.45, 7) is 4.33. The fourth-order valence-electron chi connectivity index (χ4n) is 3.33. The third-order valence-corrected chi connectivity index (χ3v) is 4.72. The summed E-state index contributed by atoms with van der Waals surface area (Å²) in [6.07, 6.45) is 9.05. The van der Waals surface area contributed by atoms with Crippen LogP contribution in [0, 0.1) is 12.3 Å². The Balaban J connectivity index is 1.68. The molecule has 2 aliphatic rings. The largest absolute Gasteiger partial charge is 0.356 e. The van der Waals surface area contributed by atoms with Crippen LogP contribution >= 0.6 is 0 Å². The second-order valence-electron chi connectivity index (χ2n) is 6.45.